The average molecular weight is 373 g/mol. The Morgan fingerprint density at radius 2 is 1.75 bits per heavy atom. The summed E-state index contributed by atoms with van der Waals surface area (Å²) in [6, 6.07) is 4.91. The van der Waals surface area contributed by atoms with Crippen LogP contribution >= 0.6 is 23.2 Å². The van der Waals surface area contributed by atoms with Gasteiger partial charge in [-0.3, -0.25) is 9.59 Å². The van der Waals surface area contributed by atoms with Crippen molar-refractivity contribution in [1.82, 2.24) is 10.2 Å². The van der Waals surface area contributed by atoms with Gasteiger partial charge in [-0.05, 0) is 30.5 Å². The van der Waals surface area contributed by atoms with Gasteiger partial charge in [-0.2, -0.15) is 0 Å². The Morgan fingerprint density at radius 1 is 1.21 bits per heavy atom. The van der Waals surface area contributed by atoms with Crippen molar-refractivity contribution in [3.05, 3.63) is 33.8 Å². The molecule has 2 N–H and O–H groups in total. The smallest absolute Gasteiger partial charge is 0.329 e. The number of carbonyl (C=O) groups is 3. The molecule has 1 aliphatic heterocycles. The van der Waals surface area contributed by atoms with Crippen LogP contribution in [0.2, 0.25) is 10.0 Å². The number of carboxylic acid groups (broad SMARTS) is 1. The molecule has 2 rings (SSSR count). The van der Waals surface area contributed by atoms with Gasteiger partial charge in [0.05, 0.1) is 6.42 Å². The fourth-order valence-corrected chi connectivity index (χ4v) is 3.30. The molecule has 24 heavy (non-hydrogen) atoms. The number of nitrogens with zero attached hydrogens (tertiary/aromatic N) is 1. The molecule has 1 heterocycles. The second-order valence-electron chi connectivity index (χ2n) is 5.82. The maximum atomic E-state index is 12.3. The first-order valence-electron chi connectivity index (χ1n) is 7.48. The lowest BCUT2D eigenvalue weighted by molar-refractivity contribution is -0.151. The third-order valence-electron chi connectivity index (χ3n) is 4.25. The van der Waals surface area contributed by atoms with Gasteiger partial charge in [0.1, 0.15) is 5.54 Å². The van der Waals surface area contributed by atoms with Crippen molar-refractivity contribution in [1.29, 1.82) is 0 Å². The molecule has 0 aromatic heterocycles. The van der Waals surface area contributed by atoms with Crippen LogP contribution in [-0.4, -0.2) is 46.4 Å². The lowest BCUT2D eigenvalue weighted by Gasteiger charge is -2.39. The summed E-state index contributed by atoms with van der Waals surface area (Å²) < 4.78 is 0. The van der Waals surface area contributed by atoms with Gasteiger partial charge in [-0.25, -0.2) is 4.79 Å². The number of amides is 2. The molecule has 1 aromatic rings. The van der Waals surface area contributed by atoms with Crippen molar-refractivity contribution >= 4 is 41.0 Å². The summed E-state index contributed by atoms with van der Waals surface area (Å²) in [5.74, 6) is -1.68. The highest BCUT2D eigenvalue weighted by molar-refractivity contribution is 6.36. The molecule has 6 nitrogen and oxygen atoms in total. The zero-order valence-corrected chi connectivity index (χ0v) is 14.7. The number of carboxylic acids is 1. The normalized spacial score (nSPS) is 16.5. The highest BCUT2D eigenvalue weighted by Gasteiger charge is 2.43. The quantitative estimate of drug-likeness (QED) is 0.847. The van der Waals surface area contributed by atoms with E-state index in [0.717, 1.165) is 0 Å². The molecule has 0 unspecified atom stereocenters. The van der Waals surface area contributed by atoms with E-state index in [-0.39, 0.29) is 38.3 Å². The molecule has 0 bridgehead atoms. The second-order valence-corrected chi connectivity index (χ2v) is 6.63. The molecule has 0 radical (unpaired) electrons. The summed E-state index contributed by atoms with van der Waals surface area (Å²) in [5.41, 5.74) is -0.920. The van der Waals surface area contributed by atoms with E-state index in [4.69, 9.17) is 23.2 Å². The Balaban J connectivity index is 2.10. The van der Waals surface area contributed by atoms with Crippen LogP contribution in [-0.2, 0) is 20.8 Å². The number of halogens is 2. The Bertz CT molecular complexity index is 650. The number of hydrogen-bond donors (Lipinski definition) is 2. The first-order valence-corrected chi connectivity index (χ1v) is 8.23. The minimum Gasteiger partial charge on any atom is -0.480 e. The number of rotatable bonds is 4. The summed E-state index contributed by atoms with van der Waals surface area (Å²) in [4.78, 5) is 37.0. The molecule has 8 heteroatoms. The third kappa shape index (κ3) is 3.99. The maximum Gasteiger partial charge on any atom is 0.329 e. The van der Waals surface area contributed by atoms with E-state index in [9.17, 15) is 19.5 Å². The van der Waals surface area contributed by atoms with Crippen LogP contribution in [0.3, 0.4) is 0 Å². The fourth-order valence-electron chi connectivity index (χ4n) is 2.77. The summed E-state index contributed by atoms with van der Waals surface area (Å²) >= 11 is 12.1. The largest absolute Gasteiger partial charge is 0.480 e. The van der Waals surface area contributed by atoms with E-state index in [0.29, 0.717) is 15.6 Å². The molecule has 1 saturated heterocycles. The van der Waals surface area contributed by atoms with Gasteiger partial charge in [0.2, 0.25) is 11.8 Å². The van der Waals surface area contributed by atoms with E-state index in [1.54, 1.807) is 23.1 Å². The Kier molecular flexibility index (Phi) is 5.72. The molecule has 0 saturated carbocycles. The summed E-state index contributed by atoms with van der Waals surface area (Å²) in [7, 11) is 0. The van der Waals surface area contributed by atoms with E-state index in [1.165, 1.54) is 6.92 Å². The molecular formula is C16H18Cl2N2O4. The van der Waals surface area contributed by atoms with Crippen LogP contribution in [0.5, 0.6) is 0 Å². The van der Waals surface area contributed by atoms with E-state index in [2.05, 4.69) is 5.32 Å². The first-order chi connectivity index (χ1) is 11.2. The standard InChI is InChI=1S/C16H18Cl2N2O4/c1-10(21)20-7-5-16(6-8-20,15(23)24)19-14(22)9-11-12(17)3-2-4-13(11)18/h2-4H,5-9H2,1H3,(H,19,22)(H,23,24). The maximum absolute atomic E-state index is 12.3. The molecule has 1 fully saturated rings. The van der Waals surface area contributed by atoms with Crippen molar-refractivity contribution < 1.29 is 19.5 Å². The SMILES string of the molecule is CC(=O)N1CCC(NC(=O)Cc2c(Cl)cccc2Cl)(C(=O)O)CC1. The highest BCUT2D eigenvalue weighted by atomic mass is 35.5. The minimum atomic E-state index is -1.38. The molecule has 130 valence electrons. The van der Waals surface area contributed by atoms with Crippen molar-refractivity contribution in [3.63, 3.8) is 0 Å². The zero-order chi connectivity index (χ0) is 17.9. The number of hydrogen-bond acceptors (Lipinski definition) is 3. The summed E-state index contributed by atoms with van der Waals surface area (Å²) in [6.07, 6.45) is 0.206. The first kappa shape index (κ1) is 18.5. The average Bonchev–Trinajstić information content (AvgIpc) is 2.51. The molecule has 2 amide bonds. The Labute approximate surface area is 149 Å². The number of likely N-dealkylation sites (tertiary alicyclic amines) is 1. The van der Waals surface area contributed by atoms with Gasteiger partial charge in [0.15, 0.2) is 0 Å². The van der Waals surface area contributed by atoms with Crippen molar-refractivity contribution in [3.8, 4) is 0 Å². The topological polar surface area (TPSA) is 86.7 Å². The number of nitrogens with one attached hydrogen (secondary N) is 1. The van der Waals surface area contributed by atoms with Crippen LogP contribution in [0.15, 0.2) is 18.2 Å². The number of carbonyl (C=O) groups excluding carboxylic acids is 2. The van der Waals surface area contributed by atoms with Crippen molar-refractivity contribution in [2.75, 3.05) is 13.1 Å². The van der Waals surface area contributed by atoms with Crippen LogP contribution in [0, 0.1) is 0 Å². The highest BCUT2D eigenvalue weighted by Crippen LogP contribution is 2.26. The molecule has 1 aliphatic rings. The molecule has 0 spiro atoms. The van der Waals surface area contributed by atoms with Gasteiger partial charge in [-0.1, -0.05) is 29.3 Å². The minimum absolute atomic E-state index is 0.107. The predicted octanol–water partition coefficient (Wildman–Crippen LogP) is 2.12. The fraction of sp³-hybridized carbons (Fsp3) is 0.438. The number of piperidine rings is 1. The lowest BCUT2D eigenvalue weighted by atomic mass is 9.87. The van der Waals surface area contributed by atoms with Gasteiger partial charge < -0.3 is 15.3 Å². The van der Waals surface area contributed by atoms with E-state index >= 15 is 0 Å². The lowest BCUT2D eigenvalue weighted by Crippen LogP contribution is -2.60. The van der Waals surface area contributed by atoms with Crippen LogP contribution in [0.4, 0.5) is 0 Å². The van der Waals surface area contributed by atoms with Crippen LogP contribution < -0.4 is 5.32 Å². The Morgan fingerprint density at radius 3 is 2.21 bits per heavy atom. The van der Waals surface area contributed by atoms with Crippen LogP contribution in [0.25, 0.3) is 0 Å². The van der Waals surface area contributed by atoms with Gasteiger partial charge in [0, 0.05) is 30.1 Å². The second kappa shape index (κ2) is 7.40. The third-order valence-corrected chi connectivity index (χ3v) is 4.96. The predicted molar refractivity (Wildman–Crippen MR) is 90.2 cm³/mol. The zero-order valence-electron chi connectivity index (χ0n) is 13.1. The van der Waals surface area contributed by atoms with Gasteiger partial charge >= 0.3 is 5.97 Å². The van der Waals surface area contributed by atoms with Crippen LogP contribution in [0.1, 0.15) is 25.3 Å². The summed E-state index contributed by atoms with van der Waals surface area (Å²) in [6.45, 7) is 2.01. The molecule has 1 aromatic carbocycles. The van der Waals surface area contributed by atoms with E-state index in [1.807, 2.05) is 0 Å². The molecular weight excluding hydrogens is 355 g/mol. The molecule has 0 aliphatic carbocycles. The number of aliphatic carboxylic acids is 1. The van der Waals surface area contributed by atoms with Gasteiger partial charge in [0.25, 0.3) is 0 Å². The summed E-state index contributed by atoms with van der Waals surface area (Å²) in [5, 5.41) is 12.9. The van der Waals surface area contributed by atoms with Crippen molar-refractivity contribution in [2.45, 2.75) is 31.7 Å². The van der Waals surface area contributed by atoms with Crippen molar-refractivity contribution in [2.24, 2.45) is 0 Å². The monoisotopic (exact) mass is 372 g/mol. The Hall–Kier alpha value is -1.79. The van der Waals surface area contributed by atoms with E-state index < -0.39 is 17.4 Å². The molecule has 0 atom stereocenters. The number of benzene rings is 1. The van der Waals surface area contributed by atoms with Gasteiger partial charge in [-0.15, -0.1) is 0 Å².